The van der Waals surface area contributed by atoms with Gasteiger partial charge in [-0.25, -0.2) is 0 Å². The average molecular weight is 262 g/mol. The van der Waals surface area contributed by atoms with Gasteiger partial charge in [0.05, 0.1) is 4.99 Å². The Morgan fingerprint density at radius 2 is 2.17 bits per heavy atom. The summed E-state index contributed by atoms with van der Waals surface area (Å²) in [5, 5.41) is 2.92. The lowest BCUT2D eigenvalue weighted by Gasteiger charge is -2.10. The molecule has 3 unspecified atom stereocenters. The molecule has 1 aliphatic carbocycles. The van der Waals surface area contributed by atoms with Gasteiger partial charge in [0.25, 0.3) is 0 Å². The van der Waals surface area contributed by atoms with Crippen LogP contribution in [0.15, 0.2) is 30.3 Å². The predicted octanol–water partition coefficient (Wildman–Crippen LogP) is 1.83. The molecular formula is C14H18N2OS. The SMILES string of the molecule is CC(CNC(=O)C1CC1c1ccccc1)C(N)=S. The molecule has 1 aromatic rings. The molecule has 0 aromatic heterocycles. The Hall–Kier alpha value is -1.42. The summed E-state index contributed by atoms with van der Waals surface area (Å²) >= 11 is 4.88. The van der Waals surface area contributed by atoms with Crippen molar-refractivity contribution in [3.8, 4) is 0 Å². The molecule has 1 saturated carbocycles. The van der Waals surface area contributed by atoms with E-state index in [9.17, 15) is 4.79 Å². The van der Waals surface area contributed by atoms with E-state index in [1.54, 1.807) is 0 Å². The third-order valence-corrected chi connectivity index (χ3v) is 3.83. The maximum Gasteiger partial charge on any atom is 0.223 e. The van der Waals surface area contributed by atoms with E-state index in [0.29, 0.717) is 17.5 Å². The molecule has 0 bridgehead atoms. The van der Waals surface area contributed by atoms with Gasteiger partial charge in [0.2, 0.25) is 5.91 Å². The molecule has 3 N–H and O–H groups in total. The van der Waals surface area contributed by atoms with Crippen LogP contribution in [0, 0.1) is 11.8 Å². The van der Waals surface area contributed by atoms with Gasteiger partial charge >= 0.3 is 0 Å². The van der Waals surface area contributed by atoms with E-state index in [-0.39, 0.29) is 17.7 Å². The lowest BCUT2D eigenvalue weighted by Crippen LogP contribution is -2.34. The van der Waals surface area contributed by atoms with Gasteiger partial charge in [0.15, 0.2) is 0 Å². The largest absolute Gasteiger partial charge is 0.393 e. The molecule has 96 valence electrons. The number of carbonyl (C=O) groups is 1. The van der Waals surface area contributed by atoms with Crippen molar-refractivity contribution < 1.29 is 4.79 Å². The van der Waals surface area contributed by atoms with E-state index in [0.717, 1.165) is 6.42 Å². The van der Waals surface area contributed by atoms with Gasteiger partial charge in [-0.1, -0.05) is 49.5 Å². The number of benzene rings is 1. The Labute approximate surface area is 113 Å². The van der Waals surface area contributed by atoms with Crippen LogP contribution in [0.3, 0.4) is 0 Å². The summed E-state index contributed by atoms with van der Waals surface area (Å²) in [7, 11) is 0. The van der Waals surface area contributed by atoms with Crippen LogP contribution in [0.25, 0.3) is 0 Å². The Bertz CT molecular complexity index is 446. The average Bonchev–Trinajstić information content (AvgIpc) is 3.16. The van der Waals surface area contributed by atoms with Crippen molar-refractivity contribution in [1.29, 1.82) is 0 Å². The van der Waals surface area contributed by atoms with Gasteiger partial charge in [-0.2, -0.15) is 0 Å². The first-order valence-electron chi connectivity index (χ1n) is 6.21. The summed E-state index contributed by atoms with van der Waals surface area (Å²) in [6.45, 7) is 2.45. The number of nitrogens with one attached hydrogen (secondary N) is 1. The first-order valence-corrected chi connectivity index (χ1v) is 6.62. The van der Waals surface area contributed by atoms with Gasteiger partial charge in [0, 0.05) is 18.4 Å². The maximum atomic E-state index is 11.9. The van der Waals surface area contributed by atoms with Gasteiger partial charge in [-0.3, -0.25) is 4.79 Å². The van der Waals surface area contributed by atoms with Crippen molar-refractivity contribution in [3.63, 3.8) is 0 Å². The number of thiocarbonyl (C=S) groups is 1. The van der Waals surface area contributed by atoms with Crippen molar-refractivity contribution in [2.45, 2.75) is 19.3 Å². The first-order chi connectivity index (χ1) is 8.59. The van der Waals surface area contributed by atoms with Crippen LogP contribution in [0.1, 0.15) is 24.8 Å². The van der Waals surface area contributed by atoms with Crippen LogP contribution in [-0.2, 0) is 4.79 Å². The predicted molar refractivity (Wildman–Crippen MR) is 76.2 cm³/mol. The fraction of sp³-hybridized carbons (Fsp3) is 0.429. The molecule has 1 amide bonds. The van der Waals surface area contributed by atoms with Gasteiger partial charge in [0.1, 0.15) is 0 Å². The standard InChI is InChI=1S/C14H18N2OS/c1-9(13(15)18)8-16-14(17)12-7-11(12)10-5-3-2-4-6-10/h2-6,9,11-12H,7-8H2,1H3,(H2,15,18)(H,16,17). The molecule has 1 fully saturated rings. The normalized spacial score (nSPS) is 23.2. The zero-order valence-corrected chi connectivity index (χ0v) is 11.2. The molecule has 0 aliphatic heterocycles. The van der Waals surface area contributed by atoms with E-state index < -0.39 is 0 Å². The molecule has 0 spiro atoms. The second-order valence-corrected chi connectivity index (χ2v) is 5.38. The fourth-order valence-corrected chi connectivity index (χ4v) is 2.12. The van der Waals surface area contributed by atoms with Gasteiger partial charge in [-0.05, 0) is 17.9 Å². The van der Waals surface area contributed by atoms with Crippen LogP contribution in [0.2, 0.25) is 0 Å². The lowest BCUT2D eigenvalue weighted by atomic mass is 10.1. The van der Waals surface area contributed by atoms with Crippen molar-refractivity contribution in [3.05, 3.63) is 35.9 Å². The Balaban J connectivity index is 1.81. The summed E-state index contributed by atoms with van der Waals surface area (Å²) in [6, 6.07) is 10.2. The van der Waals surface area contributed by atoms with Crippen LogP contribution in [-0.4, -0.2) is 17.4 Å². The molecule has 18 heavy (non-hydrogen) atoms. The summed E-state index contributed by atoms with van der Waals surface area (Å²) in [5.41, 5.74) is 6.76. The van der Waals surface area contributed by atoms with Crippen LogP contribution in [0.5, 0.6) is 0 Å². The Kier molecular flexibility index (Phi) is 3.97. The summed E-state index contributed by atoms with van der Waals surface area (Å²) < 4.78 is 0. The summed E-state index contributed by atoms with van der Waals surface area (Å²) in [5.74, 6) is 0.669. The molecular weight excluding hydrogens is 244 g/mol. The minimum atomic E-state index is 0.0536. The molecule has 3 nitrogen and oxygen atoms in total. The van der Waals surface area contributed by atoms with E-state index in [1.165, 1.54) is 5.56 Å². The highest BCUT2D eigenvalue weighted by molar-refractivity contribution is 7.80. The number of nitrogens with two attached hydrogens (primary N) is 1. The van der Waals surface area contributed by atoms with Crippen LogP contribution in [0.4, 0.5) is 0 Å². The van der Waals surface area contributed by atoms with Gasteiger partial charge in [-0.15, -0.1) is 0 Å². The van der Waals surface area contributed by atoms with E-state index in [1.807, 2.05) is 25.1 Å². The topological polar surface area (TPSA) is 55.1 Å². The molecule has 0 radical (unpaired) electrons. The number of hydrogen-bond donors (Lipinski definition) is 2. The van der Waals surface area contributed by atoms with Crippen molar-refractivity contribution >= 4 is 23.1 Å². The third kappa shape index (κ3) is 3.07. The molecule has 0 heterocycles. The quantitative estimate of drug-likeness (QED) is 0.796. The molecule has 1 aliphatic rings. The van der Waals surface area contributed by atoms with Crippen molar-refractivity contribution in [1.82, 2.24) is 5.32 Å². The molecule has 2 rings (SSSR count). The Morgan fingerprint density at radius 3 is 2.78 bits per heavy atom. The first kappa shape index (κ1) is 13.0. The Morgan fingerprint density at radius 1 is 1.50 bits per heavy atom. The number of amides is 1. The highest BCUT2D eigenvalue weighted by Gasteiger charge is 2.43. The van der Waals surface area contributed by atoms with E-state index in [4.69, 9.17) is 18.0 Å². The maximum absolute atomic E-state index is 11.9. The minimum Gasteiger partial charge on any atom is -0.393 e. The summed E-state index contributed by atoms with van der Waals surface area (Å²) in [6.07, 6.45) is 0.942. The highest BCUT2D eigenvalue weighted by Crippen LogP contribution is 2.47. The van der Waals surface area contributed by atoms with Crippen molar-refractivity contribution in [2.75, 3.05) is 6.54 Å². The van der Waals surface area contributed by atoms with E-state index >= 15 is 0 Å². The minimum absolute atomic E-state index is 0.0536. The fourth-order valence-electron chi connectivity index (χ4n) is 2.04. The molecule has 4 heteroatoms. The smallest absolute Gasteiger partial charge is 0.223 e. The molecule has 0 saturated heterocycles. The zero-order chi connectivity index (χ0) is 13.1. The lowest BCUT2D eigenvalue weighted by molar-refractivity contribution is -0.122. The third-order valence-electron chi connectivity index (χ3n) is 3.42. The van der Waals surface area contributed by atoms with Crippen LogP contribution >= 0.6 is 12.2 Å². The second-order valence-electron chi connectivity index (χ2n) is 4.91. The van der Waals surface area contributed by atoms with Crippen LogP contribution < -0.4 is 11.1 Å². The van der Waals surface area contributed by atoms with E-state index in [2.05, 4.69) is 17.4 Å². The molecule has 1 aromatic carbocycles. The zero-order valence-electron chi connectivity index (χ0n) is 10.4. The molecule has 3 atom stereocenters. The second kappa shape index (κ2) is 5.48. The van der Waals surface area contributed by atoms with Gasteiger partial charge < -0.3 is 11.1 Å². The monoisotopic (exact) mass is 262 g/mol. The summed E-state index contributed by atoms with van der Waals surface area (Å²) in [4.78, 5) is 12.4. The van der Waals surface area contributed by atoms with Crippen molar-refractivity contribution in [2.24, 2.45) is 17.6 Å². The number of rotatable bonds is 5. The number of carbonyl (C=O) groups excluding carboxylic acids is 1. The number of hydrogen-bond acceptors (Lipinski definition) is 2. The highest BCUT2D eigenvalue weighted by atomic mass is 32.1.